The fourth-order valence-corrected chi connectivity index (χ4v) is 2.72. The van der Waals surface area contributed by atoms with E-state index in [1.807, 2.05) is 0 Å². The molecular weight excluding hydrogens is 308 g/mol. The van der Waals surface area contributed by atoms with E-state index in [0.29, 0.717) is 23.1 Å². The highest BCUT2D eigenvalue weighted by molar-refractivity contribution is 9.10. The summed E-state index contributed by atoms with van der Waals surface area (Å²) in [6.45, 7) is 4.02. The van der Waals surface area contributed by atoms with Crippen molar-refractivity contribution in [2.45, 2.75) is 44.3 Å². The third kappa shape index (κ3) is 3.45. The second-order valence-electron chi connectivity index (χ2n) is 4.90. The fourth-order valence-electron chi connectivity index (χ4n) is 2.30. The third-order valence-electron chi connectivity index (χ3n) is 3.42. The van der Waals surface area contributed by atoms with Crippen LogP contribution in [0.15, 0.2) is 28.1 Å². The largest absolute Gasteiger partial charge is 0.380 e. The van der Waals surface area contributed by atoms with Crippen molar-refractivity contribution in [1.82, 2.24) is 9.78 Å². The first kappa shape index (κ1) is 14.3. The molecule has 1 heterocycles. The molecule has 3 N–H and O–H groups in total. The summed E-state index contributed by atoms with van der Waals surface area (Å²) in [6.07, 6.45) is 7.44. The first-order valence-corrected chi connectivity index (χ1v) is 7.29. The summed E-state index contributed by atoms with van der Waals surface area (Å²) in [7, 11) is 0. The SMILES string of the molecule is C=CCn1ncc(NC2CCC(N)CC2)c(Br)c1=O. The minimum absolute atomic E-state index is 0.141. The zero-order valence-corrected chi connectivity index (χ0v) is 12.4. The van der Waals surface area contributed by atoms with Gasteiger partial charge >= 0.3 is 0 Å². The number of nitrogens with two attached hydrogens (primary N) is 1. The topological polar surface area (TPSA) is 72.9 Å². The van der Waals surface area contributed by atoms with E-state index in [9.17, 15) is 4.79 Å². The van der Waals surface area contributed by atoms with Gasteiger partial charge in [-0.3, -0.25) is 4.79 Å². The zero-order chi connectivity index (χ0) is 13.8. The maximum atomic E-state index is 12.0. The Bertz CT molecular complexity index is 506. The van der Waals surface area contributed by atoms with Crippen molar-refractivity contribution < 1.29 is 0 Å². The molecule has 0 atom stereocenters. The molecule has 0 unspecified atom stereocenters. The predicted octanol–water partition coefficient (Wildman–Crippen LogP) is 1.87. The molecule has 1 aromatic rings. The molecule has 5 nitrogen and oxygen atoms in total. The Morgan fingerprint density at radius 2 is 2.21 bits per heavy atom. The Hall–Kier alpha value is -1.14. The molecule has 19 heavy (non-hydrogen) atoms. The summed E-state index contributed by atoms with van der Waals surface area (Å²) < 4.78 is 1.90. The van der Waals surface area contributed by atoms with Crippen LogP contribution in [0.3, 0.4) is 0 Å². The average Bonchev–Trinajstić information content (AvgIpc) is 2.41. The summed E-state index contributed by atoms with van der Waals surface area (Å²) in [5.74, 6) is 0. The van der Waals surface area contributed by atoms with Crippen molar-refractivity contribution in [1.29, 1.82) is 0 Å². The lowest BCUT2D eigenvalue weighted by Gasteiger charge is -2.27. The van der Waals surface area contributed by atoms with E-state index in [2.05, 4.69) is 32.9 Å². The van der Waals surface area contributed by atoms with Crippen molar-refractivity contribution in [3.05, 3.63) is 33.7 Å². The molecule has 0 aliphatic heterocycles. The van der Waals surface area contributed by atoms with Gasteiger partial charge in [0.05, 0.1) is 18.4 Å². The number of rotatable bonds is 4. The molecular formula is C13H19BrN4O. The summed E-state index contributed by atoms with van der Waals surface area (Å²) in [6, 6.07) is 0.688. The van der Waals surface area contributed by atoms with Crippen LogP contribution < -0.4 is 16.6 Å². The van der Waals surface area contributed by atoms with Crippen molar-refractivity contribution in [2.24, 2.45) is 5.73 Å². The van der Waals surface area contributed by atoms with E-state index in [0.717, 1.165) is 31.4 Å². The monoisotopic (exact) mass is 326 g/mol. The van der Waals surface area contributed by atoms with Crippen molar-refractivity contribution in [2.75, 3.05) is 5.32 Å². The van der Waals surface area contributed by atoms with E-state index in [1.54, 1.807) is 12.3 Å². The molecule has 1 fully saturated rings. The van der Waals surface area contributed by atoms with Gasteiger partial charge in [-0.25, -0.2) is 4.68 Å². The van der Waals surface area contributed by atoms with Crippen LogP contribution in [0.1, 0.15) is 25.7 Å². The van der Waals surface area contributed by atoms with Gasteiger partial charge in [0.25, 0.3) is 5.56 Å². The van der Waals surface area contributed by atoms with Crippen LogP contribution in [0, 0.1) is 0 Å². The first-order chi connectivity index (χ1) is 9.11. The zero-order valence-electron chi connectivity index (χ0n) is 10.8. The lowest BCUT2D eigenvalue weighted by atomic mass is 9.92. The molecule has 104 valence electrons. The van der Waals surface area contributed by atoms with Gasteiger partial charge in [-0.05, 0) is 41.6 Å². The standard InChI is InChI=1S/C13H19BrN4O/c1-2-7-18-13(19)12(14)11(8-16-18)17-10-5-3-9(15)4-6-10/h2,8-10,17H,1,3-7,15H2. The number of anilines is 1. The second kappa shape index (κ2) is 6.34. The van der Waals surface area contributed by atoms with Gasteiger partial charge in [-0.2, -0.15) is 5.10 Å². The Morgan fingerprint density at radius 3 is 2.84 bits per heavy atom. The maximum absolute atomic E-state index is 12.0. The van der Waals surface area contributed by atoms with Gasteiger partial charge in [0.1, 0.15) is 4.47 Å². The van der Waals surface area contributed by atoms with Crippen molar-refractivity contribution in [3.8, 4) is 0 Å². The summed E-state index contributed by atoms with van der Waals surface area (Å²) in [5, 5.41) is 7.50. The van der Waals surface area contributed by atoms with Crippen molar-refractivity contribution >= 4 is 21.6 Å². The maximum Gasteiger partial charge on any atom is 0.283 e. The second-order valence-corrected chi connectivity index (χ2v) is 5.70. The van der Waals surface area contributed by atoms with E-state index in [-0.39, 0.29) is 5.56 Å². The molecule has 1 aromatic heterocycles. The highest BCUT2D eigenvalue weighted by atomic mass is 79.9. The normalized spacial score (nSPS) is 23.1. The minimum atomic E-state index is -0.141. The predicted molar refractivity (Wildman–Crippen MR) is 80.2 cm³/mol. The molecule has 2 rings (SSSR count). The third-order valence-corrected chi connectivity index (χ3v) is 4.18. The number of hydrogen-bond donors (Lipinski definition) is 2. The number of aromatic nitrogens is 2. The van der Waals surface area contributed by atoms with Gasteiger partial charge < -0.3 is 11.1 Å². The molecule has 0 amide bonds. The molecule has 0 saturated heterocycles. The molecule has 1 saturated carbocycles. The van der Waals surface area contributed by atoms with Gasteiger partial charge in [-0.1, -0.05) is 6.08 Å². The van der Waals surface area contributed by atoms with Crippen LogP contribution in [-0.4, -0.2) is 21.9 Å². The Balaban J connectivity index is 2.11. The first-order valence-electron chi connectivity index (χ1n) is 6.50. The lowest BCUT2D eigenvalue weighted by molar-refractivity contribution is 0.410. The van der Waals surface area contributed by atoms with E-state index in [4.69, 9.17) is 5.73 Å². The average molecular weight is 327 g/mol. The number of halogens is 1. The fraction of sp³-hybridized carbons (Fsp3) is 0.538. The lowest BCUT2D eigenvalue weighted by Crippen LogP contribution is -2.33. The molecule has 0 bridgehead atoms. The number of allylic oxidation sites excluding steroid dienone is 1. The molecule has 0 spiro atoms. The molecule has 1 aliphatic rings. The molecule has 0 aromatic carbocycles. The molecule has 6 heteroatoms. The highest BCUT2D eigenvalue weighted by Crippen LogP contribution is 2.23. The minimum Gasteiger partial charge on any atom is -0.380 e. The van der Waals surface area contributed by atoms with Crippen molar-refractivity contribution in [3.63, 3.8) is 0 Å². The van der Waals surface area contributed by atoms with Gasteiger partial charge in [0.15, 0.2) is 0 Å². The Morgan fingerprint density at radius 1 is 1.53 bits per heavy atom. The summed E-state index contributed by atoms with van der Waals surface area (Å²) >= 11 is 3.34. The number of hydrogen-bond acceptors (Lipinski definition) is 4. The van der Waals surface area contributed by atoms with Gasteiger partial charge in [0, 0.05) is 12.1 Å². The smallest absolute Gasteiger partial charge is 0.283 e. The van der Waals surface area contributed by atoms with Crippen LogP contribution in [0.2, 0.25) is 0 Å². The number of nitrogens with one attached hydrogen (secondary N) is 1. The molecule has 1 aliphatic carbocycles. The van der Waals surface area contributed by atoms with Crippen LogP contribution in [0.25, 0.3) is 0 Å². The van der Waals surface area contributed by atoms with Crippen LogP contribution in [0.4, 0.5) is 5.69 Å². The highest BCUT2D eigenvalue weighted by Gasteiger charge is 2.19. The Labute approximate surface area is 121 Å². The Kier molecular flexibility index (Phi) is 4.76. The molecule has 0 radical (unpaired) electrons. The van der Waals surface area contributed by atoms with E-state index >= 15 is 0 Å². The summed E-state index contributed by atoms with van der Waals surface area (Å²) in [4.78, 5) is 12.0. The quantitative estimate of drug-likeness (QED) is 0.828. The summed E-state index contributed by atoms with van der Waals surface area (Å²) in [5.41, 5.74) is 6.50. The van der Waals surface area contributed by atoms with E-state index in [1.165, 1.54) is 4.68 Å². The van der Waals surface area contributed by atoms with E-state index < -0.39 is 0 Å². The van der Waals surface area contributed by atoms with Gasteiger partial charge in [-0.15, -0.1) is 6.58 Å². The van der Waals surface area contributed by atoms with Crippen LogP contribution in [-0.2, 0) is 6.54 Å². The van der Waals surface area contributed by atoms with Crippen LogP contribution >= 0.6 is 15.9 Å². The van der Waals surface area contributed by atoms with Crippen LogP contribution in [0.5, 0.6) is 0 Å². The number of nitrogens with zero attached hydrogens (tertiary/aromatic N) is 2. The van der Waals surface area contributed by atoms with Gasteiger partial charge in [0.2, 0.25) is 0 Å².